The van der Waals surface area contributed by atoms with Crippen molar-refractivity contribution in [3.05, 3.63) is 283 Å². The van der Waals surface area contributed by atoms with Gasteiger partial charge < -0.3 is 68.3 Å². The van der Waals surface area contributed by atoms with Crippen LogP contribution in [0.5, 0.6) is 0 Å². The van der Waals surface area contributed by atoms with Crippen molar-refractivity contribution in [2.45, 2.75) is 260 Å². The molecule has 0 bridgehead atoms. The minimum atomic E-state index is -0.0442. The maximum atomic E-state index is 9.43. The van der Waals surface area contributed by atoms with Crippen molar-refractivity contribution in [2.75, 3.05) is 54.4 Å². The van der Waals surface area contributed by atoms with E-state index in [1.165, 1.54) is 111 Å². The minimum Gasteiger partial charge on any atom is -2.00 e. The van der Waals surface area contributed by atoms with Crippen LogP contribution >= 0.6 is 0 Å². The number of carbonyl (C=O) groups excluding carboxylic acids is 2. The largest absolute Gasteiger partial charge is 2.00 e. The van der Waals surface area contributed by atoms with E-state index in [1.54, 1.807) is 28.2 Å². The summed E-state index contributed by atoms with van der Waals surface area (Å²) >= 11 is 0. The molecule has 0 aromatic heterocycles. The quantitative estimate of drug-likeness (QED) is 0.0423. The molecule has 3 heterocycles. The van der Waals surface area contributed by atoms with Crippen molar-refractivity contribution in [3.8, 4) is 0 Å². The number of carbonyl (C=O) groups is 2. The molecule has 0 radical (unpaired) electrons. The summed E-state index contributed by atoms with van der Waals surface area (Å²) in [7, 11) is 6.75. The van der Waals surface area contributed by atoms with Gasteiger partial charge in [-0.05, 0) is 132 Å². The maximum absolute atomic E-state index is 9.43. The number of amides is 2. The van der Waals surface area contributed by atoms with Crippen LogP contribution in [-0.2, 0) is 138 Å². The Kier molecular flexibility index (Phi) is 46.2. The third-order valence-corrected chi connectivity index (χ3v) is 22.1. The summed E-state index contributed by atoms with van der Waals surface area (Å²) in [5.41, 5.74) is 21.5. The van der Waals surface area contributed by atoms with Gasteiger partial charge in [0, 0.05) is 70.3 Å². The van der Waals surface area contributed by atoms with Gasteiger partial charge in [-0.25, -0.2) is 19.6 Å². The molecule has 21 nitrogen and oxygen atoms in total. The summed E-state index contributed by atoms with van der Waals surface area (Å²) in [6.45, 7) is 63.6. The van der Waals surface area contributed by atoms with E-state index in [1.807, 2.05) is 0 Å². The van der Waals surface area contributed by atoms with Crippen LogP contribution in [0.3, 0.4) is 0 Å². The van der Waals surface area contributed by atoms with Crippen LogP contribution in [0.2, 0.25) is 0 Å². The summed E-state index contributed by atoms with van der Waals surface area (Å²) < 4.78 is 5.68. The second-order valence-electron chi connectivity index (χ2n) is 40.3. The Hall–Kier alpha value is -7.82. The number of guanidine groups is 2. The second-order valence-corrected chi connectivity index (χ2v) is 40.3. The molecule has 0 N–H and O–H groups in total. The Morgan fingerprint density at radius 1 is 0.276 bits per heavy atom. The fourth-order valence-electron chi connectivity index (χ4n) is 15.5. The van der Waals surface area contributed by atoms with Gasteiger partial charge in [0.1, 0.15) is 24.2 Å². The van der Waals surface area contributed by atoms with E-state index in [2.05, 4.69) is 389 Å². The van der Waals surface area contributed by atoms with Gasteiger partial charge >= 0.3 is 11.9 Å². The number of benzene rings is 8. The zero-order chi connectivity index (χ0) is 89.0. The molecule has 3 fully saturated rings. The summed E-state index contributed by atoms with van der Waals surface area (Å²) in [6.07, 6.45) is 1.50. The summed E-state index contributed by atoms with van der Waals surface area (Å²) in [6, 6.07) is 76.5. The van der Waals surface area contributed by atoms with Crippen molar-refractivity contribution in [3.63, 3.8) is 0 Å². The Morgan fingerprint density at radius 3 is 0.520 bits per heavy atom. The molecule has 23 heteroatoms. The summed E-state index contributed by atoms with van der Waals surface area (Å²) in [5, 5.41) is 56.0. The van der Waals surface area contributed by atoms with Crippen LogP contribution in [0.1, 0.15) is 279 Å². The fourth-order valence-corrected chi connectivity index (χ4v) is 15.5. The summed E-state index contributed by atoms with van der Waals surface area (Å²) in [5.74, 6) is 2.63. The van der Waals surface area contributed by atoms with Crippen LogP contribution in [-0.4, -0.2) is 118 Å². The van der Waals surface area contributed by atoms with Gasteiger partial charge in [-0.1, -0.05) is 360 Å². The smallest absolute Gasteiger partial charge is 0.352 e. The Bertz CT molecular complexity index is 3850. The molecule has 3 aliphatic rings. The van der Waals surface area contributed by atoms with Gasteiger partial charge in [0.25, 0.3) is 0 Å². The van der Waals surface area contributed by atoms with E-state index < -0.39 is 0 Å². The molecule has 680 valence electrons. The maximum Gasteiger partial charge on any atom is 0.352 e. The number of hydrogen-bond donors (Lipinski definition) is 0. The fraction of sp³-hybridized carbons (Fsp3) is 0.480. The number of rotatable bonds is 14. The molecular formula is C100H138N8O13W2-12. The first-order valence-electron chi connectivity index (χ1n) is 41.2. The number of hydrogen-bond acceptors (Lipinski definition) is 10. The molecule has 0 spiro atoms. The molecule has 3 saturated heterocycles. The van der Waals surface area contributed by atoms with Crippen molar-refractivity contribution >= 4 is 24.7 Å². The SMILES string of the molecule is CC(C)(C)c1cc(CN2C(=[N+]3CC[N+](=C4N(Cc5cc(C(C)(C)C)cc(C(C)(C)C)c5)[C@@H](c5ccccc5)[C@H](c5ccccc5)N4Cc4cc(C(C)(C)C)cc(C(C)(C)C)c4)CC3)N(Cc3cc(C(C)(C)C)cc(C(C)(C)C)c3)[C@@H](c3ccccc3)[C@@H]2c2ccccc2)cc(C(C)(C)C)c1.CN(C)C=O.CN(C)C=O.[O-2].[O-2].[O-2].[O-][O-].[O-][O-].[O-][O-].[O-][O-].[W].[W]. The minimum absolute atomic E-state index is 0. The zero-order valence-electron chi connectivity index (χ0n) is 78.3. The molecule has 0 aliphatic carbocycles. The number of nitrogens with zero attached hydrogens (tertiary/aromatic N) is 8. The van der Waals surface area contributed by atoms with Crippen molar-refractivity contribution in [1.82, 2.24) is 29.4 Å². The monoisotopic (exact) mass is 2030 g/mol. The van der Waals surface area contributed by atoms with Crippen molar-refractivity contribution in [2.24, 2.45) is 0 Å². The van der Waals surface area contributed by atoms with Crippen molar-refractivity contribution < 1.29 is 119 Å². The van der Waals surface area contributed by atoms with Gasteiger partial charge in [-0.3, -0.25) is 18.7 Å². The molecule has 0 saturated carbocycles. The van der Waals surface area contributed by atoms with Gasteiger partial charge in [0.2, 0.25) is 12.8 Å². The molecule has 11 rings (SSSR count). The van der Waals surface area contributed by atoms with E-state index in [9.17, 15) is 9.59 Å². The second kappa shape index (κ2) is 49.3. The van der Waals surface area contributed by atoms with Crippen LogP contribution in [0.4, 0.5) is 0 Å². The average molecular weight is 2030 g/mol. The van der Waals surface area contributed by atoms with Crippen LogP contribution < -0.4 is 42.1 Å². The third kappa shape index (κ3) is 31.3. The van der Waals surface area contributed by atoms with Gasteiger partial charge in [0.15, 0.2) is 0 Å². The molecule has 8 aromatic carbocycles. The van der Waals surface area contributed by atoms with E-state index in [0.717, 1.165) is 65.2 Å². The first-order chi connectivity index (χ1) is 55.1. The Labute approximate surface area is 765 Å². The van der Waals surface area contributed by atoms with E-state index in [-0.39, 0.29) is 126 Å². The molecule has 3 aliphatic heterocycles. The number of piperazine rings is 1. The van der Waals surface area contributed by atoms with Crippen molar-refractivity contribution in [1.29, 1.82) is 0 Å². The average Bonchev–Trinajstić information content (AvgIpc) is 1.58. The first kappa shape index (κ1) is 115. The van der Waals surface area contributed by atoms with Crippen LogP contribution in [0.25, 0.3) is 0 Å². The topological polar surface area (TPSA) is 330 Å². The predicted octanol–water partition coefficient (Wildman–Crippen LogP) is 11.7. The van der Waals surface area contributed by atoms with Gasteiger partial charge in [-0.2, -0.15) is 0 Å². The van der Waals surface area contributed by atoms with E-state index in [0.29, 0.717) is 0 Å². The Morgan fingerprint density at radius 2 is 0.407 bits per heavy atom. The molecule has 2 amide bonds. The Balaban J connectivity index is 0.00000596. The molecular weight excluding hydrogens is 1890 g/mol. The van der Waals surface area contributed by atoms with E-state index >= 15 is 0 Å². The molecule has 8 aromatic rings. The molecule has 4 atom stereocenters. The summed E-state index contributed by atoms with van der Waals surface area (Å²) in [4.78, 5) is 33.2. The standard InChI is InChI=1S/C94H124N6.2C3H7NO.4O2.3O.2W/c1-87(2,3)73-49-65(50-74(57-73)88(4,5)6)61-97-81(69-37-29-25-30-38-69)82(70-39-31-26-32-40-70)98(62-66-51-75(89(7,8)9)58-76(52-66)90(10,11)12)85(97)95-45-47-96(48-46-95)86-99(63-67-53-77(91(13,14)15)59-78(54-67)92(16,17)18)83(71-41-33-27-34-42-71)84(72-43-35-28-36-44-72)100(86)64-68-55-79(93(19,20)21)60-80(56-68)94(22,23)24;2*1-4(2)3-5;4*1-2;;;;;/h25-44,49-60,81-84H,45-48,61-64H2,1-24H3;2*3H,1-2H3;;;;;;;;;/q+2;;;7*-2;;/t81-,82-,83-,84-;;;;;;;;;;;/m0.........../s1. The molecule has 0 unspecified atom stereocenters. The van der Waals surface area contributed by atoms with Crippen LogP contribution in [0, 0.1) is 0 Å². The van der Waals surface area contributed by atoms with Crippen LogP contribution in [0.15, 0.2) is 194 Å². The normalized spacial score (nSPS) is 15.9. The predicted molar refractivity (Wildman–Crippen MR) is 466 cm³/mol. The first-order valence-corrected chi connectivity index (χ1v) is 41.2. The molecule has 123 heavy (non-hydrogen) atoms. The van der Waals surface area contributed by atoms with Gasteiger partial charge in [-0.15, -0.1) is 0 Å². The zero-order valence-corrected chi connectivity index (χ0v) is 84.2. The van der Waals surface area contributed by atoms with Gasteiger partial charge in [0.05, 0.1) is 52.4 Å². The van der Waals surface area contributed by atoms with E-state index in [4.69, 9.17) is 42.1 Å². The third-order valence-electron chi connectivity index (χ3n) is 22.1.